The Labute approximate surface area is 473 Å². The van der Waals surface area contributed by atoms with Crippen LogP contribution in [0.5, 0.6) is 0 Å². The Hall–Kier alpha value is -6.93. The summed E-state index contributed by atoms with van der Waals surface area (Å²) in [5.74, 6) is -3.82. The van der Waals surface area contributed by atoms with E-state index in [-0.39, 0.29) is 75.0 Å². The van der Waals surface area contributed by atoms with Crippen LogP contribution in [0.25, 0.3) is 0 Å². The number of nitrogens with two attached hydrogens (primary N) is 2. The van der Waals surface area contributed by atoms with Crippen molar-refractivity contribution in [1.82, 2.24) is 37.4 Å². The van der Waals surface area contributed by atoms with Gasteiger partial charge < -0.3 is 72.2 Å². The Balaban J connectivity index is 1.25. The summed E-state index contributed by atoms with van der Waals surface area (Å²) in [6.45, 7) is 15.8. The molecule has 0 aromatic heterocycles. The van der Waals surface area contributed by atoms with E-state index < -0.39 is 102 Å². The maximum absolute atomic E-state index is 13.7. The quantitative estimate of drug-likeness (QED) is 0.0143. The smallest absolute Gasteiger partial charge is 0.426 e. The van der Waals surface area contributed by atoms with Crippen molar-refractivity contribution >= 4 is 59.2 Å². The lowest BCUT2D eigenvalue weighted by Gasteiger charge is -2.39. The fourth-order valence-corrected chi connectivity index (χ4v) is 9.60. The molecule has 0 saturated carbocycles. The molecule has 1 aromatic carbocycles. The van der Waals surface area contributed by atoms with Crippen molar-refractivity contribution in [2.24, 2.45) is 23.3 Å². The van der Waals surface area contributed by atoms with Crippen molar-refractivity contribution in [3.05, 3.63) is 65.8 Å². The van der Waals surface area contributed by atoms with Gasteiger partial charge in [0, 0.05) is 38.6 Å². The van der Waals surface area contributed by atoms with E-state index >= 15 is 0 Å². The Kier molecular flexibility index (Phi) is 26.7. The number of hydrazine groups is 1. The fraction of sp³-hybridized carbons (Fsp3) is 0.625. The van der Waals surface area contributed by atoms with E-state index in [1.54, 1.807) is 51.1 Å². The van der Waals surface area contributed by atoms with E-state index in [0.717, 1.165) is 5.57 Å². The first-order chi connectivity index (χ1) is 38.3. The number of epoxide rings is 1. The molecule has 25 heteroatoms. The highest BCUT2D eigenvalue weighted by Crippen LogP contribution is 2.49. The van der Waals surface area contributed by atoms with Gasteiger partial charge in [0.05, 0.1) is 36.9 Å². The molecule has 3 aliphatic heterocycles. The largest absolute Gasteiger partial charge is 0.459 e. The number of anilines is 1. The summed E-state index contributed by atoms with van der Waals surface area (Å²) >= 11 is 0. The van der Waals surface area contributed by atoms with Gasteiger partial charge in [0.1, 0.15) is 48.6 Å². The number of primary amides is 1. The van der Waals surface area contributed by atoms with Gasteiger partial charge in [-0.3, -0.25) is 39.0 Å². The molecule has 13 N–H and O–H groups in total. The third kappa shape index (κ3) is 22.5. The molecule has 0 bridgehead atoms. The van der Waals surface area contributed by atoms with E-state index in [2.05, 4.69) is 49.7 Å². The molecular formula is C56H86N10O15. The lowest BCUT2D eigenvalue weighted by atomic mass is 9.84. The standard InChI is InChI=1S/C56H86N10O15/c1-31(2)49(64-52(73)42(60-37(8)67)13-10-11-25-57)53(74)63-43(14-12-26-59-54(58)75)51(72)61-40-20-18-39(19-21-40)30-77-55(76)66-65-48(70)28-41-29-56(36(7)81-56)50(71)46(80-41)23-16-32(3)15-22-45-33(4)27-44(35(6)79-45)62-47(69)24-17-34(5)78-38(9)68/h15-21,23-24,31,33-36,41-46,49-50,71H,10-14,22,25-30,57H2,1-9H3,(H,60,67)(H,61,72)(H,62,69)(H,63,74)(H,64,73)(H,65,70)(H,66,76)(H3,58,59,75)/b23-16+,24-17-,32-15+/t33-,34-,35+,36+,41+,42-,43-,44+,45-,46+,49-,50+,56+/m0/s1. The predicted octanol–water partition coefficient (Wildman–Crippen LogP) is 2.35. The lowest BCUT2D eigenvalue weighted by Crippen LogP contribution is -2.57. The topological polar surface area (TPSA) is 372 Å². The molecule has 450 valence electrons. The molecule has 4 rings (SSSR count). The monoisotopic (exact) mass is 1140 g/mol. The maximum atomic E-state index is 13.7. The number of unbranched alkanes of at least 4 members (excludes halogenated alkanes) is 1. The van der Waals surface area contributed by atoms with Crippen molar-refractivity contribution < 1.29 is 71.9 Å². The first kappa shape index (κ1) is 66.6. The third-order valence-electron chi connectivity index (χ3n) is 14.2. The molecule has 1 aromatic rings. The second-order valence-electron chi connectivity index (χ2n) is 21.4. The molecule has 0 unspecified atom stereocenters. The number of ether oxygens (including phenoxy) is 5. The highest BCUT2D eigenvalue weighted by atomic mass is 16.6. The number of carbonyl (C=O) groups excluding carboxylic acids is 9. The van der Waals surface area contributed by atoms with Crippen LogP contribution < -0.4 is 54.2 Å². The number of carbonyl (C=O) groups is 9. The highest BCUT2D eigenvalue weighted by Gasteiger charge is 2.64. The van der Waals surface area contributed by atoms with Crippen LogP contribution >= 0.6 is 0 Å². The van der Waals surface area contributed by atoms with Gasteiger partial charge in [-0.25, -0.2) is 15.0 Å². The molecule has 0 aliphatic carbocycles. The van der Waals surface area contributed by atoms with Crippen molar-refractivity contribution in [2.75, 3.05) is 18.4 Å². The summed E-state index contributed by atoms with van der Waals surface area (Å²) in [5.41, 5.74) is 16.2. The molecule has 3 fully saturated rings. The SMILES string of the molecule is CC(=O)N[C@@H](CCCCN)C(=O)N[C@H](C(=O)N[C@@H](CCCNC(N)=O)C(=O)Nc1ccc(COC(=O)NNC(=O)C[C@@H]2C[C@]3(O[C@@H]3C)[C@H](O)[C@@H](/C=C/C(C)=C/C[C@@H]3O[C@H](C)[C@H](NC(=O)/C=C\[C@H](C)OC(C)=O)C[C@@H]3C)O2)cc1)C(C)C. The number of hydrogen-bond donors (Lipinski definition) is 11. The minimum atomic E-state index is -1.12. The van der Waals surface area contributed by atoms with E-state index in [4.69, 9.17) is 35.2 Å². The zero-order chi connectivity index (χ0) is 60.0. The first-order valence-electron chi connectivity index (χ1n) is 27.7. The number of hydrogen-bond acceptors (Lipinski definition) is 16. The molecule has 25 nitrogen and oxygen atoms in total. The van der Waals surface area contributed by atoms with Crippen molar-refractivity contribution in [3.63, 3.8) is 0 Å². The van der Waals surface area contributed by atoms with Crippen LogP contribution in [0.15, 0.2) is 60.2 Å². The van der Waals surface area contributed by atoms with Gasteiger partial charge >= 0.3 is 18.1 Å². The Bertz CT molecular complexity index is 2420. The number of amides is 9. The predicted molar refractivity (Wildman–Crippen MR) is 298 cm³/mol. The number of benzene rings is 1. The normalized spacial score (nSPS) is 24.9. The van der Waals surface area contributed by atoms with Crippen molar-refractivity contribution in [1.29, 1.82) is 0 Å². The second-order valence-corrected chi connectivity index (χ2v) is 21.4. The molecule has 9 amide bonds. The summed E-state index contributed by atoms with van der Waals surface area (Å²) in [6.07, 6.45) is 7.10. The maximum Gasteiger partial charge on any atom is 0.426 e. The first-order valence-corrected chi connectivity index (χ1v) is 27.7. The van der Waals surface area contributed by atoms with Gasteiger partial charge in [-0.2, -0.15) is 0 Å². The van der Waals surface area contributed by atoms with Crippen LogP contribution in [0.3, 0.4) is 0 Å². The van der Waals surface area contributed by atoms with Gasteiger partial charge in [0.2, 0.25) is 35.4 Å². The summed E-state index contributed by atoms with van der Waals surface area (Å²) in [7, 11) is 0. The number of aliphatic hydroxyl groups excluding tert-OH is 1. The Morgan fingerprint density at radius 3 is 2.16 bits per heavy atom. The molecule has 81 heavy (non-hydrogen) atoms. The number of allylic oxidation sites excluding steroid dienone is 2. The molecule has 0 radical (unpaired) electrons. The van der Waals surface area contributed by atoms with Crippen LogP contribution in [-0.2, 0) is 63.9 Å². The average Bonchev–Trinajstić information content (AvgIpc) is 4.11. The van der Waals surface area contributed by atoms with Crippen LogP contribution in [0, 0.1) is 11.8 Å². The number of rotatable bonds is 28. The lowest BCUT2D eigenvalue weighted by molar-refractivity contribution is -0.146. The summed E-state index contributed by atoms with van der Waals surface area (Å²) in [5, 5.41) is 27.6. The zero-order valence-electron chi connectivity index (χ0n) is 48.0. The summed E-state index contributed by atoms with van der Waals surface area (Å²) in [4.78, 5) is 113. The molecule has 1 spiro atoms. The molecule has 3 heterocycles. The number of aliphatic hydroxyl groups is 1. The average molecular weight is 1140 g/mol. The van der Waals surface area contributed by atoms with Crippen LogP contribution in [-0.4, -0.2) is 144 Å². The van der Waals surface area contributed by atoms with Gasteiger partial charge in [-0.15, -0.1) is 0 Å². The Morgan fingerprint density at radius 2 is 1.53 bits per heavy atom. The van der Waals surface area contributed by atoms with Crippen molar-refractivity contribution in [2.45, 2.75) is 199 Å². The van der Waals surface area contributed by atoms with E-state index in [9.17, 15) is 48.3 Å². The zero-order valence-corrected chi connectivity index (χ0v) is 48.0. The minimum Gasteiger partial charge on any atom is -0.459 e. The number of nitrogens with one attached hydrogen (secondary N) is 8. The summed E-state index contributed by atoms with van der Waals surface area (Å²) in [6, 6.07) is 2.23. The molecule has 3 aliphatic rings. The van der Waals surface area contributed by atoms with Crippen LogP contribution in [0.4, 0.5) is 15.3 Å². The van der Waals surface area contributed by atoms with E-state index in [0.29, 0.717) is 49.9 Å². The molecular weight excluding hydrogens is 1050 g/mol. The van der Waals surface area contributed by atoms with Crippen LogP contribution in [0.1, 0.15) is 126 Å². The molecule has 13 atom stereocenters. The highest BCUT2D eigenvalue weighted by molar-refractivity contribution is 5.99. The van der Waals surface area contributed by atoms with E-state index in [1.807, 2.05) is 32.9 Å². The summed E-state index contributed by atoms with van der Waals surface area (Å²) < 4.78 is 28.7. The van der Waals surface area contributed by atoms with Gasteiger partial charge in [0.25, 0.3) is 0 Å². The van der Waals surface area contributed by atoms with Gasteiger partial charge in [0.15, 0.2) is 0 Å². The fourth-order valence-electron chi connectivity index (χ4n) is 9.60. The number of esters is 1. The molecule has 3 saturated heterocycles. The van der Waals surface area contributed by atoms with Gasteiger partial charge in [-0.1, -0.05) is 56.7 Å². The van der Waals surface area contributed by atoms with Crippen molar-refractivity contribution in [3.8, 4) is 0 Å². The third-order valence-corrected chi connectivity index (χ3v) is 14.2. The minimum absolute atomic E-state index is 0.0802. The van der Waals surface area contributed by atoms with Crippen LogP contribution in [0.2, 0.25) is 0 Å². The van der Waals surface area contributed by atoms with E-state index in [1.165, 1.54) is 26.0 Å². The Morgan fingerprint density at radius 1 is 0.852 bits per heavy atom. The van der Waals surface area contributed by atoms with Gasteiger partial charge in [-0.05, 0) is 115 Å². The second kappa shape index (κ2) is 32.5. The number of urea groups is 1.